The van der Waals surface area contributed by atoms with Gasteiger partial charge in [-0.2, -0.15) is 5.26 Å². The third kappa shape index (κ3) is 4.39. The van der Waals surface area contributed by atoms with E-state index in [4.69, 9.17) is 5.26 Å². The molecular weight excluding hydrogens is 344 g/mol. The first kappa shape index (κ1) is 18.3. The fourth-order valence-electron chi connectivity index (χ4n) is 2.94. The Morgan fingerprint density at radius 1 is 1.11 bits per heavy atom. The summed E-state index contributed by atoms with van der Waals surface area (Å²) < 4.78 is 0. The van der Waals surface area contributed by atoms with Crippen molar-refractivity contribution in [2.75, 3.05) is 31.5 Å². The largest absolute Gasteiger partial charge is 0.340 e. The maximum Gasteiger partial charge on any atom is 0.272 e. The molecule has 0 aliphatic carbocycles. The lowest BCUT2D eigenvalue weighted by atomic mass is 10.2. The summed E-state index contributed by atoms with van der Waals surface area (Å²) in [7, 11) is 0. The Kier molecular flexibility index (Phi) is 5.31. The lowest BCUT2D eigenvalue weighted by Gasteiger charge is -2.34. The summed E-state index contributed by atoms with van der Waals surface area (Å²) in [5.41, 5.74) is 1.55. The van der Waals surface area contributed by atoms with Crippen LogP contribution in [-0.2, 0) is 4.79 Å². The molecule has 8 nitrogen and oxygen atoms in total. The molecule has 138 valence electrons. The number of aryl methyl sites for hydroxylation is 1. The molecule has 3 rings (SSSR count). The van der Waals surface area contributed by atoms with Crippen LogP contribution < -0.4 is 5.32 Å². The minimum absolute atomic E-state index is 0.0195. The van der Waals surface area contributed by atoms with Crippen LogP contribution in [0.15, 0.2) is 30.3 Å². The van der Waals surface area contributed by atoms with Gasteiger partial charge in [-0.25, -0.2) is 9.97 Å². The van der Waals surface area contributed by atoms with Crippen molar-refractivity contribution in [3.8, 4) is 6.07 Å². The van der Waals surface area contributed by atoms with Gasteiger partial charge in [0.25, 0.3) is 5.91 Å². The molecule has 1 aliphatic rings. The quantitative estimate of drug-likeness (QED) is 0.889. The van der Waals surface area contributed by atoms with Crippen molar-refractivity contribution >= 4 is 23.3 Å². The zero-order valence-corrected chi connectivity index (χ0v) is 15.3. The molecule has 2 heterocycles. The minimum Gasteiger partial charge on any atom is -0.340 e. The molecule has 1 fully saturated rings. The molecule has 0 spiro atoms. The Labute approximate surface area is 157 Å². The first-order valence-corrected chi connectivity index (χ1v) is 8.64. The number of anilines is 2. The lowest BCUT2D eigenvalue weighted by Crippen LogP contribution is -2.50. The van der Waals surface area contributed by atoms with Gasteiger partial charge < -0.3 is 15.1 Å². The number of aromatic nitrogens is 2. The number of rotatable bonds is 3. The Morgan fingerprint density at radius 3 is 2.48 bits per heavy atom. The number of amides is 2. The van der Waals surface area contributed by atoms with Crippen LogP contribution in [0.2, 0.25) is 0 Å². The number of piperazine rings is 1. The van der Waals surface area contributed by atoms with E-state index in [1.807, 2.05) is 6.07 Å². The molecule has 0 bridgehead atoms. The third-order valence-corrected chi connectivity index (χ3v) is 4.33. The van der Waals surface area contributed by atoms with Crippen LogP contribution in [0.25, 0.3) is 0 Å². The van der Waals surface area contributed by atoms with E-state index < -0.39 is 0 Å². The average Bonchev–Trinajstić information content (AvgIpc) is 2.67. The molecule has 27 heavy (non-hydrogen) atoms. The van der Waals surface area contributed by atoms with E-state index in [1.165, 1.54) is 6.92 Å². The van der Waals surface area contributed by atoms with Crippen molar-refractivity contribution in [2.24, 2.45) is 0 Å². The summed E-state index contributed by atoms with van der Waals surface area (Å²) in [6.45, 7) is 5.27. The van der Waals surface area contributed by atoms with E-state index in [-0.39, 0.29) is 11.8 Å². The van der Waals surface area contributed by atoms with E-state index in [1.54, 1.807) is 41.0 Å². The molecule has 0 unspecified atom stereocenters. The molecule has 0 atom stereocenters. The van der Waals surface area contributed by atoms with Gasteiger partial charge in [0.15, 0.2) is 0 Å². The normalized spacial score (nSPS) is 13.8. The van der Waals surface area contributed by atoms with Crippen molar-refractivity contribution in [1.82, 2.24) is 19.8 Å². The number of nitriles is 1. The highest BCUT2D eigenvalue weighted by atomic mass is 16.2. The second-order valence-electron chi connectivity index (χ2n) is 6.30. The molecule has 8 heteroatoms. The molecule has 2 aromatic rings. The first-order valence-electron chi connectivity index (χ1n) is 8.64. The van der Waals surface area contributed by atoms with Gasteiger partial charge in [-0.15, -0.1) is 0 Å². The van der Waals surface area contributed by atoms with Crippen LogP contribution >= 0.6 is 0 Å². The summed E-state index contributed by atoms with van der Waals surface area (Å²) >= 11 is 0. The van der Waals surface area contributed by atoms with Crippen molar-refractivity contribution < 1.29 is 9.59 Å². The standard InChI is InChI=1S/C19H20N6O2/c1-13-21-17(19(27)25-8-6-24(7-9-25)14(2)26)11-18(22-13)23-16-5-3-4-15(10-16)12-20/h3-5,10-11H,6-9H2,1-2H3,(H,21,22,23). The van der Waals surface area contributed by atoms with Gasteiger partial charge in [0.2, 0.25) is 5.91 Å². The Balaban J connectivity index is 1.76. The van der Waals surface area contributed by atoms with Gasteiger partial charge in [0.1, 0.15) is 17.3 Å². The van der Waals surface area contributed by atoms with Crippen molar-refractivity contribution in [3.05, 3.63) is 47.4 Å². The maximum atomic E-state index is 12.8. The number of nitrogens with one attached hydrogen (secondary N) is 1. The van der Waals surface area contributed by atoms with Crippen LogP contribution in [0.1, 0.15) is 28.8 Å². The average molecular weight is 364 g/mol. The number of hydrogen-bond donors (Lipinski definition) is 1. The van der Waals surface area contributed by atoms with Crippen molar-refractivity contribution in [2.45, 2.75) is 13.8 Å². The maximum absolute atomic E-state index is 12.8. The Bertz CT molecular complexity index is 913. The second kappa shape index (κ2) is 7.83. The van der Waals surface area contributed by atoms with E-state index in [2.05, 4.69) is 21.4 Å². The van der Waals surface area contributed by atoms with Gasteiger partial charge in [0, 0.05) is 44.9 Å². The summed E-state index contributed by atoms with van der Waals surface area (Å²) in [6.07, 6.45) is 0. The summed E-state index contributed by atoms with van der Waals surface area (Å²) in [4.78, 5) is 36.2. The third-order valence-electron chi connectivity index (χ3n) is 4.33. The molecule has 2 amide bonds. The SMILES string of the molecule is CC(=O)N1CCN(C(=O)c2cc(Nc3cccc(C#N)c3)nc(C)n2)CC1. The highest BCUT2D eigenvalue weighted by molar-refractivity contribution is 5.93. The van der Waals surface area contributed by atoms with Gasteiger partial charge in [-0.1, -0.05) is 6.07 Å². The Hall–Kier alpha value is -3.47. The fraction of sp³-hybridized carbons (Fsp3) is 0.316. The fourth-order valence-corrected chi connectivity index (χ4v) is 2.94. The smallest absolute Gasteiger partial charge is 0.272 e. The molecule has 1 N–H and O–H groups in total. The molecular formula is C19H20N6O2. The zero-order valence-electron chi connectivity index (χ0n) is 15.3. The van der Waals surface area contributed by atoms with E-state index in [9.17, 15) is 9.59 Å². The summed E-state index contributed by atoms with van der Waals surface area (Å²) in [5, 5.41) is 12.1. The predicted octanol–water partition coefficient (Wildman–Crippen LogP) is 1.70. The number of carbonyl (C=O) groups is 2. The highest BCUT2D eigenvalue weighted by Crippen LogP contribution is 2.18. The highest BCUT2D eigenvalue weighted by Gasteiger charge is 2.24. The summed E-state index contributed by atoms with van der Waals surface area (Å²) in [5.74, 6) is 0.800. The number of carbonyl (C=O) groups excluding carboxylic acids is 2. The summed E-state index contributed by atoms with van der Waals surface area (Å²) in [6, 6.07) is 10.7. The molecule has 1 aromatic carbocycles. The topological polar surface area (TPSA) is 102 Å². The second-order valence-corrected chi connectivity index (χ2v) is 6.30. The van der Waals surface area contributed by atoms with E-state index in [0.29, 0.717) is 54.8 Å². The lowest BCUT2D eigenvalue weighted by molar-refractivity contribution is -0.130. The van der Waals surface area contributed by atoms with Crippen LogP contribution in [0.4, 0.5) is 11.5 Å². The van der Waals surface area contributed by atoms with Crippen molar-refractivity contribution in [1.29, 1.82) is 5.26 Å². The molecule has 1 aliphatic heterocycles. The van der Waals surface area contributed by atoms with Gasteiger partial charge in [0.05, 0.1) is 11.6 Å². The molecule has 1 aromatic heterocycles. The monoisotopic (exact) mass is 364 g/mol. The van der Waals surface area contributed by atoms with Crippen LogP contribution in [-0.4, -0.2) is 57.8 Å². The van der Waals surface area contributed by atoms with E-state index >= 15 is 0 Å². The number of nitrogens with zero attached hydrogens (tertiary/aromatic N) is 5. The minimum atomic E-state index is -0.183. The first-order chi connectivity index (χ1) is 13.0. The molecule has 1 saturated heterocycles. The van der Waals surface area contributed by atoms with E-state index in [0.717, 1.165) is 0 Å². The van der Waals surface area contributed by atoms with Gasteiger partial charge in [-0.3, -0.25) is 9.59 Å². The number of hydrogen-bond acceptors (Lipinski definition) is 6. The van der Waals surface area contributed by atoms with Crippen molar-refractivity contribution in [3.63, 3.8) is 0 Å². The Morgan fingerprint density at radius 2 is 1.81 bits per heavy atom. The van der Waals surface area contributed by atoms with Crippen LogP contribution in [0.3, 0.4) is 0 Å². The van der Waals surface area contributed by atoms with Gasteiger partial charge in [-0.05, 0) is 25.1 Å². The zero-order chi connectivity index (χ0) is 19.4. The van der Waals surface area contributed by atoms with Crippen LogP contribution in [0, 0.1) is 18.3 Å². The number of benzene rings is 1. The van der Waals surface area contributed by atoms with Gasteiger partial charge >= 0.3 is 0 Å². The predicted molar refractivity (Wildman–Crippen MR) is 99.4 cm³/mol. The molecule has 0 saturated carbocycles. The molecule has 0 radical (unpaired) electrons. The van der Waals surface area contributed by atoms with Crippen LogP contribution in [0.5, 0.6) is 0 Å².